The van der Waals surface area contributed by atoms with Crippen molar-refractivity contribution >= 4 is 23.5 Å². The molecule has 1 spiro atoms. The van der Waals surface area contributed by atoms with Crippen LogP contribution in [-0.2, 0) is 11.3 Å². The van der Waals surface area contributed by atoms with E-state index in [-0.39, 0.29) is 24.4 Å². The summed E-state index contributed by atoms with van der Waals surface area (Å²) < 4.78 is 11.1. The second-order valence-corrected chi connectivity index (χ2v) is 7.45. The summed E-state index contributed by atoms with van der Waals surface area (Å²) in [6.07, 6.45) is 3.72. The molecule has 25 heavy (non-hydrogen) atoms. The highest BCUT2D eigenvalue weighted by Crippen LogP contribution is 2.41. The summed E-state index contributed by atoms with van der Waals surface area (Å²) in [5, 5.41) is 3.40. The van der Waals surface area contributed by atoms with Gasteiger partial charge in [0.05, 0.1) is 11.6 Å². The highest BCUT2D eigenvalue weighted by Gasteiger charge is 2.54. The second kappa shape index (κ2) is 6.09. The van der Waals surface area contributed by atoms with Crippen molar-refractivity contribution in [1.82, 2.24) is 10.2 Å². The predicted octanol–water partition coefficient (Wildman–Crippen LogP) is 3.11. The minimum atomic E-state index is -0.743. The Kier molecular flexibility index (Phi) is 4.02. The fraction of sp³-hybridized carbons (Fsp3) is 0.556. The van der Waals surface area contributed by atoms with E-state index in [1.807, 2.05) is 6.92 Å². The summed E-state index contributed by atoms with van der Waals surface area (Å²) in [4.78, 5) is 26.8. The maximum Gasteiger partial charge on any atom is 0.325 e. The molecule has 0 aromatic heterocycles. The SMILES string of the molecule is C[C@H]1CCCC[C@@]12NC(=O)N(Cc1cc(Cl)c3c(c1)OCCO3)C2=O. The lowest BCUT2D eigenvalue weighted by molar-refractivity contribution is -0.134. The Bertz CT molecular complexity index is 738. The third-order valence-electron chi connectivity index (χ3n) is 5.50. The first-order valence-corrected chi connectivity index (χ1v) is 9.11. The van der Waals surface area contributed by atoms with Crippen molar-refractivity contribution in [2.75, 3.05) is 13.2 Å². The zero-order valence-corrected chi connectivity index (χ0v) is 14.9. The van der Waals surface area contributed by atoms with Gasteiger partial charge in [-0.1, -0.05) is 31.4 Å². The van der Waals surface area contributed by atoms with E-state index in [2.05, 4.69) is 5.32 Å². The van der Waals surface area contributed by atoms with Gasteiger partial charge >= 0.3 is 6.03 Å². The fourth-order valence-electron chi connectivity index (χ4n) is 4.08. The largest absolute Gasteiger partial charge is 0.486 e. The van der Waals surface area contributed by atoms with Crippen molar-refractivity contribution < 1.29 is 19.1 Å². The molecule has 7 heteroatoms. The molecule has 2 fully saturated rings. The van der Waals surface area contributed by atoms with E-state index in [1.54, 1.807) is 12.1 Å². The molecule has 134 valence electrons. The van der Waals surface area contributed by atoms with Gasteiger partial charge < -0.3 is 14.8 Å². The van der Waals surface area contributed by atoms with Gasteiger partial charge in [0.15, 0.2) is 11.5 Å². The standard InChI is InChI=1S/C18H21ClN2O4/c1-11-4-2-3-5-18(11)16(22)21(17(23)20-18)10-12-8-13(19)15-14(9-12)24-6-7-25-15/h8-9,11H,2-7,10H2,1H3,(H,20,23)/t11-,18+/m0/s1. The number of halogens is 1. The first kappa shape index (κ1) is 16.5. The number of amides is 3. The number of imide groups is 1. The van der Waals surface area contributed by atoms with Gasteiger partial charge in [0.1, 0.15) is 18.8 Å². The Morgan fingerprint density at radius 2 is 2.08 bits per heavy atom. The van der Waals surface area contributed by atoms with Gasteiger partial charge in [0.2, 0.25) is 0 Å². The van der Waals surface area contributed by atoms with Crippen molar-refractivity contribution in [3.05, 3.63) is 22.7 Å². The lowest BCUT2D eigenvalue weighted by Gasteiger charge is -2.36. The van der Waals surface area contributed by atoms with E-state index in [4.69, 9.17) is 21.1 Å². The van der Waals surface area contributed by atoms with Crippen molar-refractivity contribution in [3.8, 4) is 11.5 Å². The van der Waals surface area contributed by atoms with Gasteiger partial charge in [0.25, 0.3) is 5.91 Å². The molecule has 2 atom stereocenters. The molecule has 0 unspecified atom stereocenters. The molecule has 1 aliphatic carbocycles. The zero-order valence-electron chi connectivity index (χ0n) is 14.1. The Balaban J connectivity index is 1.60. The fourth-order valence-corrected chi connectivity index (χ4v) is 4.36. The monoisotopic (exact) mass is 364 g/mol. The molecule has 3 aliphatic rings. The van der Waals surface area contributed by atoms with Crippen LogP contribution in [0.15, 0.2) is 12.1 Å². The molecule has 1 aromatic rings. The van der Waals surface area contributed by atoms with E-state index in [9.17, 15) is 9.59 Å². The van der Waals surface area contributed by atoms with E-state index >= 15 is 0 Å². The van der Waals surface area contributed by atoms with Crippen molar-refractivity contribution in [2.24, 2.45) is 5.92 Å². The third-order valence-corrected chi connectivity index (χ3v) is 5.78. The summed E-state index contributed by atoms with van der Waals surface area (Å²) >= 11 is 6.26. The first-order valence-electron chi connectivity index (χ1n) is 8.73. The number of benzene rings is 1. The van der Waals surface area contributed by atoms with E-state index in [1.165, 1.54) is 4.90 Å². The van der Waals surface area contributed by atoms with E-state index < -0.39 is 5.54 Å². The van der Waals surface area contributed by atoms with Crippen LogP contribution in [-0.4, -0.2) is 35.6 Å². The number of rotatable bonds is 2. The first-order chi connectivity index (χ1) is 12.0. The van der Waals surface area contributed by atoms with Crippen LogP contribution in [0.4, 0.5) is 4.79 Å². The van der Waals surface area contributed by atoms with Gasteiger partial charge in [-0.05, 0) is 36.5 Å². The molecule has 4 rings (SSSR count). The van der Waals surface area contributed by atoms with Crippen molar-refractivity contribution in [1.29, 1.82) is 0 Å². The minimum Gasteiger partial charge on any atom is -0.486 e. The summed E-state index contributed by atoms with van der Waals surface area (Å²) in [7, 11) is 0. The third kappa shape index (κ3) is 2.63. The number of nitrogens with zero attached hydrogens (tertiary/aromatic N) is 1. The second-order valence-electron chi connectivity index (χ2n) is 7.04. The maximum absolute atomic E-state index is 13.0. The highest BCUT2D eigenvalue weighted by atomic mass is 35.5. The Morgan fingerprint density at radius 3 is 2.88 bits per heavy atom. The molecule has 1 saturated carbocycles. The molecule has 6 nitrogen and oxygen atoms in total. The number of urea groups is 1. The van der Waals surface area contributed by atoms with Gasteiger partial charge in [-0.25, -0.2) is 4.79 Å². The van der Waals surface area contributed by atoms with Gasteiger partial charge in [-0.3, -0.25) is 9.69 Å². The number of ether oxygens (including phenoxy) is 2. The molecule has 1 N–H and O–H groups in total. The topological polar surface area (TPSA) is 67.9 Å². The predicted molar refractivity (Wildman–Crippen MR) is 91.9 cm³/mol. The Morgan fingerprint density at radius 1 is 1.28 bits per heavy atom. The molecule has 3 amide bonds. The minimum absolute atomic E-state index is 0.129. The van der Waals surface area contributed by atoms with Crippen LogP contribution in [0, 0.1) is 5.92 Å². The average Bonchev–Trinajstić information content (AvgIpc) is 2.83. The molecule has 1 saturated heterocycles. The number of carbonyl (C=O) groups is 2. The lowest BCUT2D eigenvalue weighted by Crippen LogP contribution is -2.53. The van der Waals surface area contributed by atoms with Crippen LogP contribution in [0.1, 0.15) is 38.2 Å². The number of hydrogen-bond acceptors (Lipinski definition) is 4. The molecule has 2 aliphatic heterocycles. The van der Waals surface area contributed by atoms with Crippen molar-refractivity contribution in [3.63, 3.8) is 0 Å². The van der Waals surface area contributed by atoms with Crippen LogP contribution >= 0.6 is 11.6 Å². The maximum atomic E-state index is 13.0. The van der Waals surface area contributed by atoms with Gasteiger partial charge in [0, 0.05) is 0 Å². The number of carbonyl (C=O) groups excluding carboxylic acids is 2. The van der Waals surface area contributed by atoms with E-state index in [0.717, 1.165) is 24.8 Å². The number of nitrogens with one attached hydrogen (secondary N) is 1. The normalized spacial score (nSPS) is 28.4. The molecule has 0 radical (unpaired) electrons. The number of fused-ring (bicyclic) bond motifs is 1. The quantitative estimate of drug-likeness (QED) is 0.819. The Hall–Kier alpha value is -1.95. The smallest absolute Gasteiger partial charge is 0.325 e. The van der Waals surface area contributed by atoms with Crippen LogP contribution in [0.2, 0.25) is 5.02 Å². The summed E-state index contributed by atoms with van der Waals surface area (Å²) in [5.41, 5.74) is 0.00528. The van der Waals surface area contributed by atoms with Crippen LogP contribution in [0.5, 0.6) is 11.5 Å². The number of hydrogen-bond donors (Lipinski definition) is 1. The van der Waals surface area contributed by atoms with Crippen LogP contribution in [0.25, 0.3) is 0 Å². The summed E-state index contributed by atoms with van der Waals surface area (Å²) in [5.74, 6) is 1.09. The van der Waals surface area contributed by atoms with Gasteiger partial charge in [-0.15, -0.1) is 0 Å². The molecular weight excluding hydrogens is 344 g/mol. The molecular formula is C18H21ClN2O4. The zero-order chi connectivity index (χ0) is 17.6. The van der Waals surface area contributed by atoms with E-state index in [0.29, 0.717) is 36.2 Å². The van der Waals surface area contributed by atoms with Gasteiger partial charge in [-0.2, -0.15) is 0 Å². The Labute approximate surface area is 151 Å². The average molecular weight is 365 g/mol. The van der Waals surface area contributed by atoms with Crippen molar-refractivity contribution in [2.45, 2.75) is 44.7 Å². The molecule has 0 bridgehead atoms. The lowest BCUT2D eigenvalue weighted by atomic mass is 9.73. The van der Waals surface area contributed by atoms with Crippen LogP contribution in [0.3, 0.4) is 0 Å². The highest BCUT2D eigenvalue weighted by molar-refractivity contribution is 6.32. The van der Waals surface area contributed by atoms with Crippen LogP contribution < -0.4 is 14.8 Å². The molecule has 2 heterocycles. The summed E-state index contributed by atoms with van der Waals surface area (Å²) in [6.45, 7) is 3.13. The summed E-state index contributed by atoms with van der Waals surface area (Å²) in [6, 6.07) is 3.19. The molecule has 1 aromatic carbocycles.